The van der Waals surface area contributed by atoms with Crippen molar-refractivity contribution in [2.45, 2.75) is 6.92 Å². The molecule has 0 aliphatic heterocycles. The van der Waals surface area contributed by atoms with Crippen molar-refractivity contribution in [1.82, 2.24) is 0 Å². The minimum absolute atomic E-state index is 0.0585. The lowest BCUT2D eigenvalue weighted by Gasteiger charge is -2.07. The summed E-state index contributed by atoms with van der Waals surface area (Å²) < 4.78 is 19.2. The van der Waals surface area contributed by atoms with Gasteiger partial charge in [0.1, 0.15) is 5.82 Å². The molecule has 0 aliphatic rings. The first-order valence-corrected chi connectivity index (χ1v) is 8.00. The van der Waals surface area contributed by atoms with Gasteiger partial charge in [0.25, 0.3) is 5.91 Å². The molecule has 2 aromatic carbocycles. The molecular weight excluding hydrogens is 377 g/mol. The van der Waals surface area contributed by atoms with Crippen molar-refractivity contribution in [3.8, 4) is 0 Å². The Morgan fingerprint density at radius 1 is 1.25 bits per heavy atom. The van der Waals surface area contributed by atoms with E-state index in [-0.39, 0.29) is 5.56 Å². The van der Waals surface area contributed by atoms with E-state index in [2.05, 4.69) is 21.2 Å². The molecule has 24 heavy (non-hydrogen) atoms. The summed E-state index contributed by atoms with van der Waals surface area (Å²) in [6.07, 6.45) is 2.88. The molecule has 2 aromatic rings. The van der Waals surface area contributed by atoms with Crippen LogP contribution in [0.3, 0.4) is 0 Å². The van der Waals surface area contributed by atoms with Crippen LogP contribution < -0.4 is 5.32 Å². The highest BCUT2D eigenvalue weighted by Crippen LogP contribution is 2.18. The highest BCUT2D eigenvalue weighted by molar-refractivity contribution is 9.10. The van der Waals surface area contributed by atoms with Crippen LogP contribution in [0.2, 0.25) is 0 Å². The number of carbonyl (C=O) groups excluding carboxylic acids is 2. The lowest BCUT2D eigenvalue weighted by atomic mass is 10.1. The fourth-order valence-electron chi connectivity index (χ4n) is 1.94. The predicted octanol–water partition coefficient (Wildman–Crippen LogP) is 4.42. The van der Waals surface area contributed by atoms with Crippen LogP contribution in [0, 0.1) is 5.82 Å². The maximum atomic E-state index is 13.7. The van der Waals surface area contributed by atoms with Crippen molar-refractivity contribution in [2.24, 2.45) is 0 Å². The fourth-order valence-corrected chi connectivity index (χ4v) is 2.31. The molecule has 0 saturated carbocycles. The average molecular weight is 392 g/mol. The van der Waals surface area contributed by atoms with E-state index >= 15 is 0 Å². The number of benzene rings is 2. The monoisotopic (exact) mass is 391 g/mol. The highest BCUT2D eigenvalue weighted by Gasteiger charge is 2.12. The Bertz CT molecular complexity index is 790. The van der Waals surface area contributed by atoms with Crippen LogP contribution in [-0.4, -0.2) is 18.5 Å². The molecule has 0 unspecified atom stereocenters. The topological polar surface area (TPSA) is 55.4 Å². The summed E-state index contributed by atoms with van der Waals surface area (Å²) in [4.78, 5) is 23.5. The minimum atomic E-state index is -0.603. The van der Waals surface area contributed by atoms with Gasteiger partial charge in [0, 0.05) is 16.2 Å². The van der Waals surface area contributed by atoms with Gasteiger partial charge in [-0.1, -0.05) is 28.1 Å². The van der Waals surface area contributed by atoms with Crippen molar-refractivity contribution in [3.63, 3.8) is 0 Å². The summed E-state index contributed by atoms with van der Waals surface area (Å²) in [6.45, 7) is 2.03. The van der Waals surface area contributed by atoms with Crippen molar-refractivity contribution in [2.75, 3.05) is 11.9 Å². The van der Waals surface area contributed by atoms with Gasteiger partial charge >= 0.3 is 5.97 Å². The number of rotatable bonds is 5. The van der Waals surface area contributed by atoms with E-state index in [1.165, 1.54) is 24.3 Å². The van der Waals surface area contributed by atoms with E-state index in [9.17, 15) is 14.0 Å². The third-order valence-corrected chi connectivity index (χ3v) is 3.51. The Labute approximate surface area is 147 Å². The molecule has 0 aromatic heterocycles. The van der Waals surface area contributed by atoms with Gasteiger partial charge in [0.2, 0.25) is 0 Å². The third kappa shape index (κ3) is 5.03. The number of anilines is 1. The molecule has 1 amide bonds. The zero-order valence-corrected chi connectivity index (χ0v) is 14.5. The largest absolute Gasteiger partial charge is 0.463 e. The molecule has 0 aliphatic carbocycles. The number of amides is 1. The first-order valence-electron chi connectivity index (χ1n) is 7.21. The summed E-state index contributed by atoms with van der Waals surface area (Å²) in [7, 11) is 0. The predicted molar refractivity (Wildman–Crippen MR) is 94.2 cm³/mol. The van der Waals surface area contributed by atoms with Crippen molar-refractivity contribution in [1.29, 1.82) is 0 Å². The van der Waals surface area contributed by atoms with Crippen molar-refractivity contribution in [3.05, 3.63) is 70.0 Å². The Balaban J connectivity index is 2.13. The Morgan fingerprint density at radius 2 is 2.04 bits per heavy atom. The quantitative estimate of drug-likeness (QED) is 0.606. The van der Waals surface area contributed by atoms with Crippen LogP contribution in [-0.2, 0) is 9.53 Å². The zero-order valence-electron chi connectivity index (χ0n) is 12.9. The second kappa shape index (κ2) is 8.40. The summed E-state index contributed by atoms with van der Waals surface area (Å²) in [5, 5.41) is 2.63. The molecule has 6 heteroatoms. The SMILES string of the molecule is CCOC(=O)/C=C/c1cccc(NC(=O)c2cc(Br)ccc2F)c1. The molecule has 4 nitrogen and oxygen atoms in total. The van der Waals surface area contributed by atoms with Crippen LogP contribution in [0.4, 0.5) is 10.1 Å². The molecule has 0 spiro atoms. The molecule has 0 heterocycles. The van der Waals surface area contributed by atoms with Gasteiger partial charge < -0.3 is 10.1 Å². The van der Waals surface area contributed by atoms with E-state index in [0.717, 1.165) is 0 Å². The number of nitrogens with one attached hydrogen (secondary N) is 1. The van der Waals surface area contributed by atoms with Gasteiger partial charge in [-0.2, -0.15) is 0 Å². The number of halogens is 2. The van der Waals surface area contributed by atoms with E-state index in [1.807, 2.05) is 0 Å². The Morgan fingerprint density at radius 3 is 2.79 bits per heavy atom. The fraction of sp³-hybridized carbons (Fsp3) is 0.111. The second-order valence-electron chi connectivity index (χ2n) is 4.79. The van der Waals surface area contributed by atoms with Crippen LogP contribution in [0.5, 0.6) is 0 Å². The average Bonchev–Trinajstić information content (AvgIpc) is 2.56. The van der Waals surface area contributed by atoms with Crippen LogP contribution >= 0.6 is 15.9 Å². The van der Waals surface area contributed by atoms with Gasteiger partial charge in [-0.15, -0.1) is 0 Å². The summed E-state index contributed by atoms with van der Waals surface area (Å²) in [5.41, 5.74) is 1.14. The molecule has 0 atom stereocenters. The number of hydrogen-bond acceptors (Lipinski definition) is 3. The maximum absolute atomic E-state index is 13.7. The first kappa shape index (κ1) is 17.9. The summed E-state index contributed by atoms with van der Waals surface area (Å²) in [5.74, 6) is -1.60. The lowest BCUT2D eigenvalue weighted by Crippen LogP contribution is -2.13. The Hall–Kier alpha value is -2.47. The van der Waals surface area contributed by atoms with Crippen LogP contribution in [0.25, 0.3) is 6.08 Å². The molecular formula is C18H15BrFNO3. The molecule has 0 fully saturated rings. The zero-order chi connectivity index (χ0) is 17.5. The van der Waals surface area contributed by atoms with Crippen molar-refractivity contribution >= 4 is 39.6 Å². The standard InChI is InChI=1S/C18H15BrFNO3/c1-2-24-17(22)9-6-12-4-3-5-14(10-12)21-18(23)15-11-13(19)7-8-16(15)20/h3-11H,2H2,1H3,(H,21,23)/b9-6+. The van der Waals surface area contributed by atoms with Gasteiger partial charge in [-0.3, -0.25) is 4.79 Å². The summed E-state index contributed by atoms with van der Waals surface area (Å²) >= 11 is 3.21. The first-order chi connectivity index (χ1) is 11.5. The minimum Gasteiger partial charge on any atom is -0.463 e. The summed E-state index contributed by atoms with van der Waals surface area (Å²) in [6, 6.07) is 11.0. The van der Waals surface area contributed by atoms with Gasteiger partial charge in [-0.25, -0.2) is 9.18 Å². The number of esters is 1. The lowest BCUT2D eigenvalue weighted by molar-refractivity contribution is -0.137. The number of hydrogen-bond donors (Lipinski definition) is 1. The molecule has 2 rings (SSSR count). The highest BCUT2D eigenvalue weighted by atomic mass is 79.9. The molecule has 124 valence electrons. The van der Waals surface area contributed by atoms with E-state index in [0.29, 0.717) is 22.3 Å². The van der Waals surface area contributed by atoms with E-state index in [4.69, 9.17) is 4.74 Å². The van der Waals surface area contributed by atoms with Crippen LogP contribution in [0.15, 0.2) is 53.0 Å². The molecule has 0 bridgehead atoms. The third-order valence-electron chi connectivity index (χ3n) is 3.02. The molecule has 0 radical (unpaired) electrons. The van der Waals surface area contributed by atoms with E-state index < -0.39 is 17.7 Å². The number of ether oxygens (including phenoxy) is 1. The normalized spacial score (nSPS) is 10.6. The molecule has 1 N–H and O–H groups in total. The van der Waals surface area contributed by atoms with Gasteiger partial charge in [0.05, 0.1) is 12.2 Å². The van der Waals surface area contributed by atoms with Crippen LogP contribution in [0.1, 0.15) is 22.8 Å². The maximum Gasteiger partial charge on any atom is 0.330 e. The number of carbonyl (C=O) groups is 2. The van der Waals surface area contributed by atoms with Crippen molar-refractivity contribution < 1.29 is 18.7 Å². The smallest absolute Gasteiger partial charge is 0.330 e. The van der Waals surface area contributed by atoms with E-state index in [1.54, 1.807) is 37.3 Å². The van der Waals surface area contributed by atoms with Gasteiger partial charge in [-0.05, 0) is 48.9 Å². The second-order valence-corrected chi connectivity index (χ2v) is 5.70. The van der Waals surface area contributed by atoms with Gasteiger partial charge in [0.15, 0.2) is 0 Å². The molecule has 0 saturated heterocycles. The Kier molecular flexibility index (Phi) is 6.26.